The summed E-state index contributed by atoms with van der Waals surface area (Å²) >= 11 is 1.41. The van der Waals surface area contributed by atoms with Crippen LogP contribution in [-0.4, -0.2) is 17.9 Å². The van der Waals surface area contributed by atoms with Crippen LogP contribution in [0.25, 0.3) is 0 Å². The SMILES string of the molecule is CC(C)Oc1ccc(CNC(=O)c2ccc3c(c2)N(Cc2ccc(C(F)(F)F)cc2)C(=O)c2ccccc2S3)cc1. The van der Waals surface area contributed by atoms with E-state index in [2.05, 4.69) is 5.32 Å². The molecule has 0 unspecified atom stereocenters. The summed E-state index contributed by atoms with van der Waals surface area (Å²) in [5, 5.41) is 2.91. The van der Waals surface area contributed by atoms with E-state index in [1.165, 1.54) is 28.8 Å². The van der Waals surface area contributed by atoms with Gasteiger partial charge in [0.2, 0.25) is 0 Å². The summed E-state index contributed by atoms with van der Waals surface area (Å²) in [6.45, 7) is 4.23. The molecule has 0 saturated heterocycles. The van der Waals surface area contributed by atoms with Crippen molar-refractivity contribution in [3.8, 4) is 5.75 Å². The Morgan fingerprint density at radius 1 is 0.902 bits per heavy atom. The predicted molar refractivity (Wildman–Crippen MR) is 152 cm³/mol. The van der Waals surface area contributed by atoms with Gasteiger partial charge >= 0.3 is 6.18 Å². The van der Waals surface area contributed by atoms with Crippen molar-refractivity contribution in [1.82, 2.24) is 5.32 Å². The number of amides is 2. The van der Waals surface area contributed by atoms with Crippen LogP contribution in [-0.2, 0) is 19.3 Å². The number of fused-ring (bicyclic) bond motifs is 2. The lowest BCUT2D eigenvalue weighted by Crippen LogP contribution is -2.31. The van der Waals surface area contributed by atoms with Crippen LogP contribution in [0, 0.1) is 0 Å². The summed E-state index contributed by atoms with van der Waals surface area (Å²) < 4.78 is 45.0. The normalized spacial score (nSPS) is 12.9. The fraction of sp³-hybridized carbons (Fsp3) is 0.188. The average Bonchev–Trinajstić information content (AvgIpc) is 3.06. The van der Waals surface area contributed by atoms with Gasteiger partial charge in [-0.05, 0) is 79.6 Å². The Hall–Kier alpha value is -4.24. The molecule has 0 aliphatic carbocycles. The summed E-state index contributed by atoms with van der Waals surface area (Å²) in [4.78, 5) is 29.9. The molecule has 4 aromatic carbocycles. The van der Waals surface area contributed by atoms with Gasteiger partial charge in [-0.1, -0.05) is 48.2 Å². The zero-order chi connectivity index (χ0) is 29.1. The maximum Gasteiger partial charge on any atom is 0.416 e. The Morgan fingerprint density at radius 2 is 1.59 bits per heavy atom. The van der Waals surface area contributed by atoms with E-state index in [1.807, 2.05) is 50.2 Å². The van der Waals surface area contributed by atoms with E-state index >= 15 is 0 Å². The molecule has 1 aliphatic heterocycles. The van der Waals surface area contributed by atoms with Gasteiger partial charge in [0.15, 0.2) is 0 Å². The van der Waals surface area contributed by atoms with Crippen molar-refractivity contribution < 1.29 is 27.5 Å². The van der Waals surface area contributed by atoms with E-state index in [1.54, 1.807) is 30.3 Å². The number of nitrogens with zero attached hydrogens (tertiary/aromatic N) is 1. The van der Waals surface area contributed by atoms with Crippen LogP contribution in [0.2, 0.25) is 0 Å². The molecule has 0 radical (unpaired) electrons. The van der Waals surface area contributed by atoms with Crippen LogP contribution in [0.4, 0.5) is 18.9 Å². The number of halogens is 3. The number of rotatable bonds is 7. The Labute approximate surface area is 240 Å². The van der Waals surface area contributed by atoms with Crippen molar-refractivity contribution in [3.63, 3.8) is 0 Å². The third kappa shape index (κ3) is 6.57. The lowest BCUT2D eigenvalue weighted by Gasteiger charge is -2.24. The van der Waals surface area contributed by atoms with E-state index in [0.717, 1.165) is 33.2 Å². The lowest BCUT2D eigenvalue weighted by atomic mass is 10.1. The van der Waals surface area contributed by atoms with Gasteiger partial charge in [-0.25, -0.2) is 0 Å². The predicted octanol–water partition coefficient (Wildman–Crippen LogP) is 7.73. The minimum absolute atomic E-state index is 0.0364. The van der Waals surface area contributed by atoms with Gasteiger partial charge in [0.05, 0.1) is 29.5 Å². The van der Waals surface area contributed by atoms with Crippen molar-refractivity contribution in [2.75, 3.05) is 4.90 Å². The number of ether oxygens (including phenoxy) is 1. The average molecular weight is 577 g/mol. The largest absolute Gasteiger partial charge is 0.491 e. The van der Waals surface area contributed by atoms with Crippen LogP contribution in [0.1, 0.15) is 51.3 Å². The molecule has 210 valence electrons. The standard InChI is InChI=1S/C32H27F3N2O3S/c1-20(2)40-25-14-9-21(10-15-25)18-36-30(38)23-11-16-29-27(17-23)37(31(39)26-5-3-4-6-28(26)41-29)19-22-7-12-24(13-8-22)32(33,34)35/h3-17,20H,18-19H2,1-2H3,(H,36,38). The first-order valence-corrected chi connectivity index (χ1v) is 13.8. The molecular weight excluding hydrogens is 549 g/mol. The summed E-state index contributed by atoms with van der Waals surface area (Å²) in [6.07, 6.45) is -4.39. The van der Waals surface area contributed by atoms with Gasteiger partial charge in [0.25, 0.3) is 11.8 Å². The molecule has 0 saturated carbocycles. The van der Waals surface area contributed by atoms with Crippen molar-refractivity contribution >= 4 is 29.3 Å². The molecule has 2 amide bonds. The summed E-state index contributed by atoms with van der Waals surface area (Å²) in [5.74, 6) is 0.133. The molecule has 1 aliphatic rings. The highest BCUT2D eigenvalue weighted by molar-refractivity contribution is 7.99. The number of carbonyl (C=O) groups is 2. The first kappa shape index (κ1) is 28.3. The highest BCUT2D eigenvalue weighted by Crippen LogP contribution is 2.42. The highest BCUT2D eigenvalue weighted by Gasteiger charge is 2.31. The van der Waals surface area contributed by atoms with E-state index in [4.69, 9.17) is 4.74 Å². The summed E-state index contributed by atoms with van der Waals surface area (Å²) in [5.41, 5.74) is 2.03. The second-order valence-electron chi connectivity index (χ2n) is 9.86. The molecule has 9 heteroatoms. The molecule has 0 fully saturated rings. The van der Waals surface area contributed by atoms with Gasteiger partial charge in [-0.15, -0.1) is 0 Å². The van der Waals surface area contributed by atoms with Gasteiger partial charge in [-0.3, -0.25) is 9.59 Å². The molecule has 41 heavy (non-hydrogen) atoms. The monoisotopic (exact) mass is 576 g/mol. The quantitative estimate of drug-likeness (QED) is 0.245. The molecule has 0 atom stereocenters. The number of alkyl halides is 3. The number of hydrogen-bond donors (Lipinski definition) is 1. The molecule has 1 heterocycles. The van der Waals surface area contributed by atoms with E-state index in [-0.39, 0.29) is 24.5 Å². The van der Waals surface area contributed by atoms with Gasteiger partial charge in [0, 0.05) is 21.9 Å². The van der Waals surface area contributed by atoms with Crippen LogP contribution < -0.4 is 15.0 Å². The third-order valence-electron chi connectivity index (χ3n) is 6.46. The molecule has 5 rings (SSSR count). The fourth-order valence-electron chi connectivity index (χ4n) is 4.44. The lowest BCUT2D eigenvalue weighted by molar-refractivity contribution is -0.137. The number of benzene rings is 4. The first-order valence-electron chi connectivity index (χ1n) is 13.0. The molecule has 0 bridgehead atoms. The van der Waals surface area contributed by atoms with Gasteiger partial charge < -0.3 is 15.0 Å². The number of hydrogen-bond acceptors (Lipinski definition) is 4. The van der Waals surface area contributed by atoms with Crippen LogP contribution in [0.5, 0.6) is 5.75 Å². The zero-order valence-corrected chi connectivity index (χ0v) is 23.2. The van der Waals surface area contributed by atoms with Gasteiger partial charge in [-0.2, -0.15) is 13.2 Å². The van der Waals surface area contributed by atoms with Crippen LogP contribution >= 0.6 is 11.8 Å². The molecule has 5 nitrogen and oxygen atoms in total. The third-order valence-corrected chi connectivity index (χ3v) is 7.61. The Kier molecular flexibility index (Phi) is 8.08. The van der Waals surface area contributed by atoms with Crippen molar-refractivity contribution in [2.45, 2.75) is 49.0 Å². The number of carbonyl (C=O) groups excluding carboxylic acids is 2. The molecule has 0 spiro atoms. The number of anilines is 1. The second-order valence-corrected chi connectivity index (χ2v) is 10.9. The van der Waals surface area contributed by atoms with E-state index < -0.39 is 11.7 Å². The summed E-state index contributed by atoms with van der Waals surface area (Å²) in [7, 11) is 0. The van der Waals surface area contributed by atoms with Crippen molar-refractivity contribution in [2.24, 2.45) is 0 Å². The second kappa shape index (κ2) is 11.7. The minimum atomic E-state index is -4.45. The first-order chi connectivity index (χ1) is 19.6. The molecule has 0 aromatic heterocycles. The zero-order valence-electron chi connectivity index (χ0n) is 22.4. The topological polar surface area (TPSA) is 58.6 Å². The van der Waals surface area contributed by atoms with Crippen LogP contribution in [0.3, 0.4) is 0 Å². The van der Waals surface area contributed by atoms with Crippen molar-refractivity contribution in [3.05, 3.63) is 119 Å². The number of nitrogens with one attached hydrogen (secondary N) is 1. The fourth-order valence-corrected chi connectivity index (χ4v) is 5.50. The Balaban J connectivity index is 1.41. The minimum Gasteiger partial charge on any atom is -0.491 e. The van der Waals surface area contributed by atoms with Crippen LogP contribution in [0.15, 0.2) is 101 Å². The van der Waals surface area contributed by atoms with Gasteiger partial charge in [0.1, 0.15) is 5.75 Å². The van der Waals surface area contributed by atoms with E-state index in [0.29, 0.717) is 28.9 Å². The molecule has 4 aromatic rings. The Bertz CT molecular complexity index is 1570. The van der Waals surface area contributed by atoms with Crippen molar-refractivity contribution in [1.29, 1.82) is 0 Å². The molecule has 1 N–H and O–H groups in total. The maximum absolute atomic E-state index is 13.7. The van der Waals surface area contributed by atoms with E-state index in [9.17, 15) is 22.8 Å². The Morgan fingerprint density at radius 3 is 2.27 bits per heavy atom. The molecular formula is C32H27F3N2O3S. The summed E-state index contributed by atoms with van der Waals surface area (Å²) in [6, 6.07) is 24.6. The highest BCUT2D eigenvalue weighted by atomic mass is 32.2. The smallest absolute Gasteiger partial charge is 0.416 e. The maximum atomic E-state index is 13.7.